The van der Waals surface area contributed by atoms with Crippen molar-refractivity contribution in [3.8, 4) is 0 Å². The molecule has 6 heterocycles. The summed E-state index contributed by atoms with van der Waals surface area (Å²) in [5.41, 5.74) is 1.11. The quantitative estimate of drug-likeness (QED) is 0.0643. The van der Waals surface area contributed by atoms with Gasteiger partial charge in [0, 0.05) is 118 Å². The lowest BCUT2D eigenvalue weighted by Crippen LogP contribution is -2.53. The van der Waals surface area contributed by atoms with Crippen molar-refractivity contribution in [2.75, 3.05) is 157 Å². The topological polar surface area (TPSA) is 74.8 Å². The summed E-state index contributed by atoms with van der Waals surface area (Å²) in [6, 6.07) is 0. The third kappa shape index (κ3) is 45.6. The zero-order chi connectivity index (χ0) is 57.5. The fourth-order valence-electron chi connectivity index (χ4n) is 10.5. The Bertz CT molecular complexity index is 1290. The van der Waals surface area contributed by atoms with Crippen LogP contribution in [0, 0.1) is 16.7 Å². The Labute approximate surface area is 478 Å². The number of halogens is 1. The van der Waals surface area contributed by atoms with Crippen molar-refractivity contribution in [1.82, 2.24) is 29.4 Å². The minimum atomic E-state index is -0.573. The van der Waals surface area contributed by atoms with E-state index in [4.69, 9.17) is 28.4 Å². The van der Waals surface area contributed by atoms with Gasteiger partial charge in [-0.15, -0.1) is 0 Å². The van der Waals surface area contributed by atoms with Crippen LogP contribution in [0.4, 0.5) is 4.39 Å². The average Bonchev–Trinajstić information content (AvgIpc) is 4.10. The molecule has 0 spiro atoms. The monoisotopic (exact) mass is 1100 g/mol. The molecule has 0 radical (unpaired) electrons. The highest BCUT2D eigenvalue weighted by molar-refractivity contribution is 4.87. The molecule has 6 aliphatic heterocycles. The summed E-state index contributed by atoms with van der Waals surface area (Å²) in [4.78, 5) is 14.8. The number of piperidine rings is 1. The molecular weight excluding hydrogens is 968 g/mol. The smallest absolute Gasteiger partial charge is 0.125 e. The van der Waals surface area contributed by atoms with Gasteiger partial charge in [0.05, 0.1) is 36.6 Å². The molecule has 462 valence electrons. The number of nitrogens with zero attached hydrogens (tertiary/aromatic N) is 6. The van der Waals surface area contributed by atoms with Gasteiger partial charge in [0.2, 0.25) is 0 Å². The predicted molar refractivity (Wildman–Crippen MR) is 327 cm³/mol. The highest BCUT2D eigenvalue weighted by Gasteiger charge is 2.33. The van der Waals surface area contributed by atoms with Crippen LogP contribution in [0.3, 0.4) is 0 Å². The Balaban J connectivity index is 0.000000462. The molecule has 77 heavy (non-hydrogen) atoms. The van der Waals surface area contributed by atoms with Crippen molar-refractivity contribution < 1.29 is 32.8 Å². The summed E-state index contributed by atoms with van der Waals surface area (Å²) in [5, 5.41) is 0. The van der Waals surface area contributed by atoms with Crippen LogP contribution in [0.25, 0.3) is 0 Å². The fourth-order valence-corrected chi connectivity index (χ4v) is 10.5. The maximum atomic E-state index is 12.3. The third-order valence-corrected chi connectivity index (χ3v) is 14.5. The highest BCUT2D eigenvalue weighted by atomic mass is 19.1. The molecule has 6 aliphatic rings. The van der Waals surface area contributed by atoms with Crippen molar-refractivity contribution >= 4 is 0 Å². The Morgan fingerprint density at radius 3 is 0.974 bits per heavy atom. The molecule has 0 N–H and O–H groups in total. The lowest BCUT2D eigenvalue weighted by molar-refractivity contribution is 0.0148. The van der Waals surface area contributed by atoms with Gasteiger partial charge in [-0.2, -0.15) is 0 Å². The van der Waals surface area contributed by atoms with Crippen LogP contribution < -0.4 is 0 Å². The van der Waals surface area contributed by atoms with E-state index in [1.165, 1.54) is 175 Å². The van der Waals surface area contributed by atoms with Crippen LogP contribution in [0.15, 0.2) is 0 Å². The summed E-state index contributed by atoms with van der Waals surface area (Å²) in [6.45, 7) is 63.3. The zero-order valence-corrected chi connectivity index (χ0v) is 54.3. The first kappa shape index (κ1) is 74.5. The molecule has 6 saturated heterocycles. The van der Waals surface area contributed by atoms with Crippen molar-refractivity contribution in [2.45, 2.75) is 244 Å². The first-order valence-corrected chi connectivity index (χ1v) is 32.1. The van der Waals surface area contributed by atoms with Crippen LogP contribution in [0.1, 0.15) is 201 Å². The standard InChI is InChI=1S/C12H25NO.3C11H23NO.C10H21NO.C9H18FNO/c1-11(2)14-9-5-7-13-8-6-12(3,4)10-13;1-10(2)13-7-5-6-12-8-11(3,4)9-12;1-10(2)13-8-4-6-12-7-5-11(3)9-12;1-11(2)13-10-6-9-12-7-4-3-5-8-12;1-10(2)12-9-5-8-11-6-3-4-7-11;1-8(2)12-5-3-4-11-6-9(10)7-11/h11H,5-10H2,1-4H3;10H,5-9H2,1-4H3;10-11H,4-9H2,1-3H3;11H,3-10H2,1-2H3;10H,3-9H2,1-2H3;8-9H,3-7H2,1-2H3. The van der Waals surface area contributed by atoms with Gasteiger partial charge < -0.3 is 52.9 Å². The van der Waals surface area contributed by atoms with Gasteiger partial charge in [0.1, 0.15) is 6.17 Å². The largest absolute Gasteiger partial charge is 0.379 e. The third-order valence-electron chi connectivity index (χ3n) is 14.5. The Morgan fingerprint density at radius 2 is 0.675 bits per heavy atom. The SMILES string of the molecule is CC(C)OCCCN1CC(C)(C)C1.CC(C)OCCCN1CC(F)C1.CC(C)OCCCN1CCC(C)(C)C1.CC(C)OCCCN1CCCC1.CC(C)OCCCN1CCCCC1.CC1CCN(CCCOC(C)C)C1. The summed E-state index contributed by atoms with van der Waals surface area (Å²) in [7, 11) is 0. The van der Waals surface area contributed by atoms with E-state index in [1.807, 2.05) is 13.8 Å². The Kier molecular flexibility index (Phi) is 43.5. The molecule has 0 aliphatic carbocycles. The molecule has 1 atom stereocenters. The Hall–Kier alpha value is -0.550. The molecule has 1 unspecified atom stereocenters. The maximum Gasteiger partial charge on any atom is 0.125 e. The normalized spacial score (nSPS) is 21.3. The molecule has 13 heteroatoms. The van der Waals surface area contributed by atoms with E-state index in [-0.39, 0.29) is 0 Å². The second kappa shape index (κ2) is 45.0. The van der Waals surface area contributed by atoms with Gasteiger partial charge in [0.15, 0.2) is 0 Å². The summed E-state index contributed by atoms with van der Waals surface area (Å²) in [5.74, 6) is 0.908. The van der Waals surface area contributed by atoms with E-state index in [1.54, 1.807) is 0 Å². The van der Waals surface area contributed by atoms with Gasteiger partial charge in [-0.1, -0.05) is 41.0 Å². The second-order valence-electron chi connectivity index (χ2n) is 26.7. The minimum absolute atomic E-state index is 0.315. The fraction of sp³-hybridized carbons (Fsp3) is 1.00. The molecule has 0 aromatic carbocycles. The number of alkyl halides is 1. The zero-order valence-electron chi connectivity index (χ0n) is 54.3. The first-order valence-electron chi connectivity index (χ1n) is 32.1. The summed E-state index contributed by atoms with van der Waals surface area (Å²) >= 11 is 0. The van der Waals surface area contributed by atoms with Crippen LogP contribution in [-0.2, 0) is 28.4 Å². The number of likely N-dealkylation sites (tertiary alicyclic amines) is 6. The molecule has 0 aromatic heterocycles. The first-order chi connectivity index (χ1) is 36.4. The van der Waals surface area contributed by atoms with E-state index in [9.17, 15) is 4.39 Å². The van der Waals surface area contributed by atoms with Crippen LogP contribution in [0.2, 0.25) is 0 Å². The van der Waals surface area contributed by atoms with Gasteiger partial charge in [0.25, 0.3) is 0 Å². The average molecular weight is 1100 g/mol. The highest BCUT2D eigenvalue weighted by Crippen LogP contribution is 2.29. The van der Waals surface area contributed by atoms with Crippen molar-refractivity contribution in [3.63, 3.8) is 0 Å². The van der Waals surface area contributed by atoms with Crippen molar-refractivity contribution in [3.05, 3.63) is 0 Å². The van der Waals surface area contributed by atoms with E-state index in [0.29, 0.717) is 60.5 Å². The van der Waals surface area contributed by atoms with Gasteiger partial charge in [-0.25, -0.2) is 4.39 Å². The molecule has 12 nitrogen and oxygen atoms in total. The lowest BCUT2D eigenvalue weighted by atomic mass is 9.84. The van der Waals surface area contributed by atoms with Crippen molar-refractivity contribution in [2.24, 2.45) is 16.7 Å². The Morgan fingerprint density at radius 1 is 0.364 bits per heavy atom. The molecule has 0 saturated carbocycles. The molecule has 6 rings (SSSR count). The van der Waals surface area contributed by atoms with E-state index < -0.39 is 6.17 Å². The number of hydrogen-bond donors (Lipinski definition) is 0. The number of ether oxygens (including phenoxy) is 6. The molecular formula is C64H133FN6O6. The van der Waals surface area contributed by atoms with E-state index in [2.05, 4.69) is 133 Å². The van der Waals surface area contributed by atoms with Crippen LogP contribution >= 0.6 is 0 Å². The van der Waals surface area contributed by atoms with E-state index in [0.717, 1.165) is 58.5 Å². The predicted octanol–water partition coefficient (Wildman–Crippen LogP) is 12.5. The molecule has 0 bridgehead atoms. The molecule has 0 aromatic rings. The van der Waals surface area contributed by atoms with Crippen LogP contribution in [-0.4, -0.2) is 230 Å². The van der Waals surface area contributed by atoms with Gasteiger partial charge >= 0.3 is 0 Å². The lowest BCUT2D eigenvalue weighted by Gasteiger charge is -2.46. The van der Waals surface area contributed by atoms with Crippen LogP contribution in [0.5, 0.6) is 0 Å². The van der Waals surface area contributed by atoms with E-state index >= 15 is 0 Å². The number of rotatable bonds is 30. The van der Waals surface area contributed by atoms with Gasteiger partial charge in [-0.05, 0) is 216 Å². The molecule has 0 amide bonds. The minimum Gasteiger partial charge on any atom is -0.379 e. The second-order valence-corrected chi connectivity index (χ2v) is 26.7. The summed E-state index contributed by atoms with van der Waals surface area (Å²) < 4.78 is 45.2. The maximum absolute atomic E-state index is 12.3. The van der Waals surface area contributed by atoms with Crippen molar-refractivity contribution in [1.29, 1.82) is 0 Å². The summed E-state index contributed by atoms with van der Waals surface area (Å²) in [6.07, 6.45) is 18.3. The van der Waals surface area contributed by atoms with Gasteiger partial charge in [-0.3, -0.25) is 4.90 Å². The number of hydrogen-bond acceptors (Lipinski definition) is 12. The molecule has 6 fully saturated rings.